The van der Waals surface area contributed by atoms with E-state index >= 15 is 0 Å². The Bertz CT molecular complexity index is 753. The summed E-state index contributed by atoms with van der Waals surface area (Å²) in [5.41, 5.74) is 2.12. The van der Waals surface area contributed by atoms with E-state index in [9.17, 15) is 0 Å². The van der Waals surface area contributed by atoms with Crippen LogP contribution in [0.1, 0.15) is 25.2 Å². The number of benzene rings is 1. The Hall–Kier alpha value is -2.49. The van der Waals surface area contributed by atoms with Crippen molar-refractivity contribution in [3.63, 3.8) is 0 Å². The van der Waals surface area contributed by atoms with Crippen LogP contribution >= 0.6 is 0 Å². The van der Waals surface area contributed by atoms with E-state index in [0.717, 1.165) is 34.5 Å². The highest BCUT2D eigenvalue weighted by Gasteiger charge is 2.08. The molecule has 2 aromatic heterocycles. The number of nitrogens with zero attached hydrogens (tertiary/aromatic N) is 3. The van der Waals surface area contributed by atoms with Crippen LogP contribution in [0.25, 0.3) is 10.9 Å². The number of fused-ring (bicyclic) bond motifs is 1. The SMILES string of the molecule is CC(C)Cc1nc(NCc2cccnc2)c2ccccc2n1. The summed E-state index contributed by atoms with van der Waals surface area (Å²) in [5, 5.41) is 4.48. The molecule has 0 aliphatic carbocycles. The van der Waals surface area contributed by atoms with Gasteiger partial charge in [0.25, 0.3) is 0 Å². The summed E-state index contributed by atoms with van der Waals surface area (Å²) in [6, 6.07) is 12.1. The van der Waals surface area contributed by atoms with Crippen molar-refractivity contribution in [3.05, 3.63) is 60.2 Å². The van der Waals surface area contributed by atoms with Crippen LogP contribution in [-0.4, -0.2) is 15.0 Å². The quantitative estimate of drug-likeness (QED) is 0.776. The summed E-state index contributed by atoms with van der Waals surface area (Å²) in [6.07, 6.45) is 4.53. The van der Waals surface area contributed by atoms with E-state index in [2.05, 4.69) is 41.3 Å². The van der Waals surface area contributed by atoms with Gasteiger partial charge in [0, 0.05) is 30.7 Å². The van der Waals surface area contributed by atoms with Crippen molar-refractivity contribution >= 4 is 16.7 Å². The monoisotopic (exact) mass is 292 g/mol. The minimum atomic E-state index is 0.535. The lowest BCUT2D eigenvalue weighted by Crippen LogP contribution is -2.07. The van der Waals surface area contributed by atoms with E-state index in [1.807, 2.05) is 30.5 Å². The lowest BCUT2D eigenvalue weighted by Gasteiger charge is -2.11. The Kier molecular flexibility index (Phi) is 4.28. The minimum absolute atomic E-state index is 0.535. The third-order valence-electron chi connectivity index (χ3n) is 3.42. The fraction of sp³-hybridized carbons (Fsp3) is 0.278. The molecule has 4 nitrogen and oxygen atoms in total. The van der Waals surface area contributed by atoms with Crippen LogP contribution < -0.4 is 5.32 Å². The van der Waals surface area contributed by atoms with Crippen LogP contribution in [0.3, 0.4) is 0 Å². The fourth-order valence-corrected chi connectivity index (χ4v) is 2.40. The maximum absolute atomic E-state index is 4.71. The van der Waals surface area contributed by atoms with Gasteiger partial charge >= 0.3 is 0 Å². The van der Waals surface area contributed by atoms with Gasteiger partial charge in [0.15, 0.2) is 0 Å². The van der Waals surface area contributed by atoms with E-state index in [-0.39, 0.29) is 0 Å². The van der Waals surface area contributed by atoms with Gasteiger partial charge in [-0.2, -0.15) is 0 Å². The number of hydrogen-bond donors (Lipinski definition) is 1. The lowest BCUT2D eigenvalue weighted by atomic mass is 10.1. The van der Waals surface area contributed by atoms with Crippen LogP contribution in [0.15, 0.2) is 48.8 Å². The van der Waals surface area contributed by atoms with Crippen molar-refractivity contribution < 1.29 is 0 Å². The second-order valence-electron chi connectivity index (χ2n) is 5.82. The van der Waals surface area contributed by atoms with E-state index in [1.165, 1.54) is 0 Å². The van der Waals surface area contributed by atoms with Crippen LogP contribution in [-0.2, 0) is 13.0 Å². The zero-order valence-corrected chi connectivity index (χ0v) is 13.0. The third-order valence-corrected chi connectivity index (χ3v) is 3.42. The Labute approximate surface area is 130 Å². The molecule has 0 aliphatic rings. The first-order valence-electron chi connectivity index (χ1n) is 7.61. The van der Waals surface area contributed by atoms with E-state index < -0.39 is 0 Å². The summed E-state index contributed by atoms with van der Waals surface area (Å²) in [4.78, 5) is 13.5. The second-order valence-corrected chi connectivity index (χ2v) is 5.82. The first kappa shape index (κ1) is 14.4. The summed E-state index contributed by atoms with van der Waals surface area (Å²) in [5.74, 6) is 2.32. The van der Waals surface area contributed by atoms with Crippen LogP contribution in [0.4, 0.5) is 5.82 Å². The Morgan fingerprint density at radius 1 is 1.05 bits per heavy atom. The summed E-state index contributed by atoms with van der Waals surface area (Å²) in [7, 11) is 0. The van der Waals surface area contributed by atoms with Crippen molar-refractivity contribution in [2.45, 2.75) is 26.8 Å². The molecule has 0 spiro atoms. The van der Waals surface area contributed by atoms with Gasteiger partial charge in [-0.15, -0.1) is 0 Å². The first-order chi connectivity index (χ1) is 10.7. The fourth-order valence-electron chi connectivity index (χ4n) is 2.40. The van der Waals surface area contributed by atoms with Crippen molar-refractivity contribution in [3.8, 4) is 0 Å². The van der Waals surface area contributed by atoms with Gasteiger partial charge in [-0.1, -0.05) is 32.0 Å². The molecule has 0 fully saturated rings. The van der Waals surface area contributed by atoms with E-state index in [0.29, 0.717) is 12.5 Å². The molecular weight excluding hydrogens is 272 g/mol. The smallest absolute Gasteiger partial charge is 0.137 e. The van der Waals surface area contributed by atoms with Crippen molar-refractivity contribution in [1.82, 2.24) is 15.0 Å². The number of nitrogens with one attached hydrogen (secondary N) is 1. The molecule has 0 bridgehead atoms. The predicted octanol–water partition coefficient (Wildman–Crippen LogP) is 3.84. The molecular formula is C18H20N4. The number of rotatable bonds is 5. The topological polar surface area (TPSA) is 50.7 Å². The Balaban J connectivity index is 1.92. The Morgan fingerprint density at radius 2 is 1.91 bits per heavy atom. The summed E-state index contributed by atoms with van der Waals surface area (Å²) in [6.45, 7) is 5.07. The zero-order valence-electron chi connectivity index (χ0n) is 13.0. The number of anilines is 1. The van der Waals surface area contributed by atoms with Gasteiger partial charge < -0.3 is 5.32 Å². The highest BCUT2D eigenvalue weighted by Crippen LogP contribution is 2.21. The molecule has 0 saturated carbocycles. The molecule has 0 atom stereocenters. The summed E-state index contributed by atoms with van der Waals surface area (Å²) >= 11 is 0. The molecule has 0 radical (unpaired) electrons. The number of para-hydroxylation sites is 1. The molecule has 112 valence electrons. The number of pyridine rings is 1. The van der Waals surface area contributed by atoms with Crippen LogP contribution in [0.2, 0.25) is 0 Å². The van der Waals surface area contributed by atoms with Crippen LogP contribution in [0, 0.1) is 5.92 Å². The van der Waals surface area contributed by atoms with Gasteiger partial charge in [-0.3, -0.25) is 4.98 Å². The molecule has 0 unspecified atom stereocenters. The van der Waals surface area contributed by atoms with E-state index in [1.54, 1.807) is 6.20 Å². The highest BCUT2D eigenvalue weighted by molar-refractivity contribution is 5.88. The molecule has 0 aliphatic heterocycles. The maximum Gasteiger partial charge on any atom is 0.137 e. The molecule has 0 saturated heterocycles. The average Bonchev–Trinajstić information content (AvgIpc) is 2.53. The van der Waals surface area contributed by atoms with Gasteiger partial charge in [0.05, 0.1) is 5.52 Å². The molecule has 2 heterocycles. The molecule has 1 N–H and O–H groups in total. The maximum atomic E-state index is 4.71. The highest BCUT2D eigenvalue weighted by atomic mass is 15.0. The van der Waals surface area contributed by atoms with Crippen molar-refractivity contribution in [2.75, 3.05) is 5.32 Å². The van der Waals surface area contributed by atoms with Crippen molar-refractivity contribution in [1.29, 1.82) is 0 Å². The van der Waals surface area contributed by atoms with Gasteiger partial charge in [-0.25, -0.2) is 9.97 Å². The predicted molar refractivity (Wildman–Crippen MR) is 89.6 cm³/mol. The minimum Gasteiger partial charge on any atom is -0.365 e. The zero-order chi connectivity index (χ0) is 15.4. The molecule has 3 rings (SSSR count). The number of aromatic nitrogens is 3. The van der Waals surface area contributed by atoms with Crippen molar-refractivity contribution in [2.24, 2.45) is 5.92 Å². The standard InChI is InChI=1S/C18H20N4/c1-13(2)10-17-21-16-8-4-3-7-15(16)18(22-17)20-12-14-6-5-9-19-11-14/h3-9,11,13H,10,12H2,1-2H3,(H,20,21,22). The Morgan fingerprint density at radius 3 is 2.68 bits per heavy atom. The third kappa shape index (κ3) is 3.39. The molecule has 22 heavy (non-hydrogen) atoms. The molecule has 4 heteroatoms. The number of hydrogen-bond acceptors (Lipinski definition) is 4. The molecule has 1 aromatic carbocycles. The second kappa shape index (κ2) is 6.52. The lowest BCUT2D eigenvalue weighted by molar-refractivity contribution is 0.623. The van der Waals surface area contributed by atoms with Gasteiger partial charge in [0.1, 0.15) is 11.6 Å². The average molecular weight is 292 g/mol. The molecule has 3 aromatic rings. The first-order valence-corrected chi connectivity index (χ1v) is 7.61. The van der Waals surface area contributed by atoms with E-state index in [4.69, 9.17) is 4.98 Å². The largest absolute Gasteiger partial charge is 0.365 e. The van der Waals surface area contributed by atoms with Gasteiger partial charge in [-0.05, 0) is 29.7 Å². The normalized spacial score (nSPS) is 11.0. The van der Waals surface area contributed by atoms with Crippen LogP contribution in [0.5, 0.6) is 0 Å². The summed E-state index contributed by atoms with van der Waals surface area (Å²) < 4.78 is 0. The molecule has 0 amide bonds. The van der Waals surface area contributed by atoms with Gasteiger partial charge in [0.2, 0.25) is 0 Å².